The Morgan fingerprint density at radius 3 is 1.39 bits per heavy atom. The molecule has 0 aliphatic carbocycles. The van der Waals surface area contributed by atoms with Crippen molar-refractivity contribution in [2.75, 3.05) is 13.2 Å². The van der Waals surface area contributed by atoms with Crippen LogP contribution in [0.25, 0.3) is 0 Å². The normalized spacial score (nSPS) is 12.6. The predicted molar refractivity (Wildman–Crippen MR) is 228 cm³/mol. The molecule has 310 valence electrons. The van der Waals surface area contributed by atoms with Gasteiger partial charge in [0.2, 0.25) is 0 Å². The lowest BCUT2D eigenvalue weighted by atomic mass is 10.0. The number of allylic oxidation sites excluding steroid dienone is 9. The molecule has 0 amide bonds. The first kappa shape index (κ1) is 51.1. The van der Waals surface area contributed by atoms with Crippen LogP contribution in [0.5, 0.6) is 0 Å². The zero-order valence-corrected chi connectivity index (χ0v) is 35.2. The molecule has 0 aliphatic heterocycles. The highest BCUT2D eigenvalue weighted by Gasteiger charge is 2.19. The monoisotopic (exact) mass is 755 g/mol. The number of carbonyl (C=O) groups excluding carboxylic acids is 3. The summed E-state index contributed by atoms with van der Waals surface area (Å²) in [6, 6.07) is 0. The highest BCUT2D eigenvalue weighted by Crippen LogP contribution is 2.15. The Hall–Kier alpha value is -2.89. The van der Waals surface area contributed by atoms with E-state index < -0.39 is 12.1 Å². The molecule has 6 heteroatoms. The quantitative estimate of drug-likeness (QED) is 0.0204. The Bertz CT molecular complexity index is 1010. The van der Waals surface area contributed by atoms with Gasteiger partial charge in [-0.05, 0) is 51.4 Å². The van der Waals surface area contributed by atoms with E-state index in [1.54, 1.807) is 6.08 Å². The maximum absolute atomic E-state index is 12.6. The van der Waals surface area contributed by atoms with E-state index in [-0.39, 0.29) is 38.0 Å². The van der Waals surface area contributed by atoms with Crippen molar-refractivity contribution >= 4 is 17.9 Å². The zero-order valence-electron chi connectivity index (χ0n) is 35.2. The number of carbonyl (C=O) groups is 3. The molecule has 0 aromatic heterocycles. The van der Waals surface area contributed by atoms with Gasteiger partial charge >= 0.3 is 17.9 Å². The molecule has 0 aromatic carbocycles. The molecule has 6 nitrogen and oxygen atoms in total. The first-order chi connectivity index (χ1) is 26.5. The van der Waals surface area contributed by atoms with Crippen LogP contribution in [-0.4, -0.2) is 37.2 Å². The molecule has 0 radical (unpaired) electrons. The topological polar surface area (TPSA) is 78.9 Å². The summed E-state index contributed by atoms with van der Waals surface area (Å²) in [6.45, 7) is 6.33. The van der Waals surface area contributed by atoms with Crippen LogP contribution in [0.4, 0.5) is 0 Å². The van der Waals surface area contributed by atoms with Gasteiger partial charge in [0.05, 0.1) is 6.42 Å². The largest absolute Gasteiger partial charge is 0.462 e. The Morgan fingerprint density at radius 1 is 0.426 bits per heavy atom. The summed E-state index contributed by atoms with van der Waals surface area (Å²) in [7, 11) is 0. The van der Waals surface area contributed by atoms with Crippen LogP contribution in [0, 0.1) is 0 Å². The van der Waals surface area contributed by atoms with Gasteiger partial charge in [-0.25, -0.2) is 0 Å². The van der Waals surface area contributed by atoms with Gasteiger partial charge < -0.3 is 14.2 Å². The maximum Gasteiger partial charge on any atom is 0.309 e. The summed E-state index contributed by atoms with van der Waals surface area (Å²) in [5.41, 5.74) is 0. The fourth-order valence-corrected chi connectivity index (χ4v) is 5.95. The SMILES string of the molecule is CC/C=C\C/C=C\C/C=C\CC(=O)OCC(COC(=O)CCCCCCCCCCCCCCCCCC)OC(=O)CCCCC/C=C\C=C/CCCC. The van der Waals surface area contributed by atoms with Crippen LogP contribution in [0.1, 0.15) is 207 Å². The lowest BCUT2D eigenvalue weighted by molar-refractivity contribution is -0.166. The van der Waals surface area contributed by atoms with E-state index in [1.165, 1.54) is 96.3 Å². The summed E-state index contributed by atoms with van der Waals surface area (Å²) in [5, 5.41) is 0. The van der Waals surface area contributed by atoms with Crippen LogP contribution >= 0.6 is 0 Å². The van der Waals surface area contributed by atoms with Gasteiger partial charge in [-0.2, -0.15) is 0 Å². The fourth-order valence-electron chi connectivity index (χ4n) is 5.95. The molecule has 0 heterocycles. The third-order valence-electron chi connectivity index (χ3n) is 9.32. The number of hydrogen-bond acceptors (Lipinski definition) is 6. The minimum atomic E-state index is -0.818. The minimum absolute atomic E-state index is 0.111. The number of unbranched alkanes of at least 4 members (excludes halogenated alkanes) is 20. The predicted octanol–water partition coefficient (Wildman–Crippen LogP) is 14.1. The highest BCUT2D eigenvalue weighted by molar-refractivity contribution is 5.72. The molecule has 54 heavy (non-hydrogen) atoms. The van der Waals surface area contributed by atoms with Crippen molar-refractivity contribution in [3.05, 3.63) is 60.8 Å². The summed E-state index contributed by atoms with van der Waals surface area (Å²) in [5.74, 6) is -1.07. The second-order valence-corrected chi connectivity index (χ2v) is 14.6. The summed E-state index contributed by atoms with van der Waals surface area (Å²) in [4.78, 5) is 37.5. The third-order valence-corrected chi connectivity index (χ3v) is 9.32. The standard InChI is InChI=1S/C48H82O6/c1-4-7-10-13-16-19-21-22-23-24-25-27-29-32-35-38-41-47(50)53-44-45(43-52-46(49)40-37-34-31-28-18-15-12-9-6-3)54-48(51)42-39-36-33-30-26-20-17-14-11-8-5-2/h9,12,14,17-18,20,26,28,34,37,45H,4-8,10-11,13,15-16,19,21-25,27,29-33,35-36,38-44H2,1-3H3/b12-9-,17-14-,26-20-,28-18-,37-34-. The summed E-state index contributed by atoms with van der Waals surface area (Å²) in [6.07, 6.45) is 51.0. The van der Waals surface area contributed by atoms with Crippen LogP contribution in [0.15, 0.2) is 60.8 Å². The van der Waals surface area contributed by atoms with Gasteiger partial charge in [-0.3, -0.25) is 14.4 Å². The minimum Gasteiger partial charge on any atom is -0.462 e. The molecular weight excluding hydrogens is 673 g/mol. The molecule has 1 unspecified atom stereocenters. The molecule has 0 aromatic rings. The lowest BCUT2D eigenvalue weighted by Gasteiger charge is -2.18. The van der Waals surface area contributed by atoms with Crippen molar-refractivity contribution in [2.45, 2.75) is 213 Å². The highest BCUT2D eigenvalue weighted by atomic mass is 16.6. The first-order valence-electron chi connectivity index (χ1n) is 22.3. The van der Waals surface area contributed by atoms with E-state index in [0.29, 0.717) is 6.42 Å². The Morgan fingerprint density at radius 2 is 0.852 bits per heavy atom. The van der Waals surface area contributed by atoms with Crippen LogP contribution < -0.4 is 0 Å². The fraction of sp³-hybridized carbons (Fsp3) is 0.729. The van der Waals surface area contributed by atoms with Crippen molar-refractivity contribution in [1.82, 2.24) is 0 Å². The van der Waals surface area contributed by atoms with Crippen LogP contribution in [0.2, 0.25) is 0 Å². The van der Waals surface area contributed by atoms with Gasteiger partial charge in [0.15, 0.2) is 6.10 Å². The third kappa shape index (κ3) is 40.3. The Balaban J connectivity index is 4.40. The number of hydrogen-bond donors (Lipinski definition) is 0. The van der Waals surface area contributed by atoms with Crippen molar-refractivity contribution in [3.63, 3.8) is 0 Å². The Kier molecular flexibility index (Phi) is 40.6. The van der Waals surface area contributed by atoms with E-state index >= 15 is 0 Å². The van der Waals surface area contributed by atoms with E-state index in [2.05, 4.69) is 69.4 Å². The molecule has 0 saturated carbocycles. The molecular formula is C48H82O6. The lowest BCUT2D eigenvalue weighted by Crippen LogP contribution is -2.30. The average molecular weight is 755 g/mol. The van der Waals surface area contributed by atoms with E-state index in [4.69, 9.17) is 14.2 Å². The second-order valence-electron chi connectivity index (χ2n) is 14.6. The molecule has 1 atom stereocenters. The van der Waals surface area contributed by atoms with Crippen LogP contribution in [0.3, 0.4) is 0 Å². The van der Waals surface area contributed by atoms with Crippen molar-refractivity contribution in [2.24, 2.45) is 0 Å². The second kappa shape index (κ2) is 42.8. The first-order valence-corrected chi connectivity index (χ1v) is 22.3. The molecule has 0 rings (SSSR count). The number of ether oxygens (including phenoxy) is 3. The van der Waals surface area contributed by atoms with E-state index in [0.717, 1.165) is 70.6 Å². The van der Waals surface area contributed by atoms with Crippen molar-refractivity contribution in [3.8, 4) is 0 Å². The average Bonchev–Trinajstić information content (AvgIpc) is 3.17. The zero-order chi connectivity index (χ0) is 39.4. The summed E-state index contributed by atoms with van der Waals surface area (Å²) >= 11 is 0. The Labute approximate surface area is 332 Å². The molecule has 0 N–H and O–H groups in total. The smallest absolute Gasteiger partial charge is 0.309 e. The van der Waals surface area contributed by atoms with Crippen molar-refractivity contribution < 1.29 is 28.6 Å². The molecule has 0 spiro atoms. The van der Waals surface area contributed by atoms with Crippen molar-refractivity contribution in [1.29, 1.82) is 0 Å². The van der Waals surface area contributed by atoms with Gasteiger partial charge in [0.1, 0.15) is 13.2 Å². The van der Waals surface area contributed by atoms with Gasteiger partial charge in [-0.1, -0.05) is 197 Å². The maximum atomic E-state index is 12.6. The molecule has 0 saturated heterocycles. The van der Waals surface area contributed by atoms with E-state index in [9.17, 15) is 14.4 Å². The molecule has 0 bridgehead atoms. The van der Waals surface area contributed by atoms with Crippen LogP contribution in [-0.2, 0) is 28.6 Å². The van der Waals surface area contributed by atoms with E-state index in [1.807, 2.05) is 6.08 Å². The number of rotatable bonds is 39. The van der Waals surface area contributed by atoms with Gasteiger partial charge in [-0.15, -0.1) is 0 Å². The van der Waals surface area contributed by atoms with Gasteiger partial charge in [0.25, 0.3) is 0 Å². The molecule has 0 aliphatic rings. The summed E-state index contributed by atoms with van der Waals surface area (Å²) < 4.78 is 16.5. The van der Waals surface area contributed by atoms with Gasteiger partial charge in [0, 0.05) is 12.8 Å². The molecule has 0 fully saturated rings. The number of esters is 3.